The van der Waals surface area contributed by atoms with Gasteiger partial charge in [-0.1, -0.05) is 0 Å². The van der Waals surface area contributed by atoms with E-state index < -0.39 is 0 Å². The Bertz CT molecular complexity index is 340. The molecule has 0 bridgehead atoms. The van der Waals surface area contributed by atoms with Crippen molar-refractivity contribution in [1.29, 1.82) is 0 Å². The van der Waals surface area contributed by atoms with Crippen LogP contribution in [0.25, 0.3) is 0 Å². The molecular weight excluding hydrogens is 170 g/mol. The summed E-state index contributed by atoms with van der Waals surface area (Å²) in [5.74, 6) is 6.38. The quantitative estimate of drug-likeness (QED) is 0.518. The minimum Gasteiger partial charge on any atom is -0.489 e. The molecule has 1 aromatic rings. The minimum atomic E-state index is 0.361. The van der Waals surface area contributed by atoms with E-state index in [0.717, 1.165) is 0 Å². The molecule has 13 heavy (non-hydrogen) atoms. The van der Waals surface area contributed by atoms with Gasteiger partial charge in [0, 0.05) is 0 Å². The second kappa shape index (κ2) is 3.02. The van der Waals surface area contributed by atoms with E-state index in [-0.39, 0.29) is 0 Å². The van der Waals surface area contributed by atoms with Crippen LogP contribution in [0.2, 0.25) is 0 Å². The standard InChI is InChI=1S/C8H9N3O2/c9-11-3-4-13-8-2-1-6(10-12)5-7(8)11/h1-2,5H,3-4,9H2. The highest BCUT2D eigenvalue weighted by Gasteiger charge is 2.15. The molecule has 0 radical (unpaired) electrons. The Morgan fingerprint density at radius 3 is 3.15 bits per heavy atom. The van der Waals surface area contributed by atoms with Gasteiger partial charge in [0.05, 0.1) is 12.2 Å². The van der Waals surface area contributed by atoms with Crippen LogP contribution in [0.4, 0.5) is 11.4 Å². The van der Waals surface area contributed by atoms with Crippen LogP contribution >= 0.6 is 0 Å². The van der Waals surface area contributed by atoms with Crippen LogP contribution in [0.15, 0.2) is 23.4 Å². The molecule has 0 amide bonds. The highest BCUT2D eigenvalue weighted by atomic mass is 16.5. The average Bonchev–Trinajstić information content (AvgIpc) is 2.18. The highest BCUT2D eigenvalue weighted by Crippen LogP contribution is 2.33. The number of benzene rings is 1. The number of nitrogens with two attached hydrogens (primary N) is 1. The van der Waals surface area contributed by atoms with Gasteiger partial charge in [0.1, 0.15) is 18.0 Å². The van der Waals surface area contributed by atoms with Gasteiger partial charge >= 0.3 is 0 Å². The molecule has 5 heteroatoms. The van der Waals surface area contributed by atoms with E-state index in [1.807, 2.05) is 0 Å². The Morgan fingerprint density at radius 1 is 1.54 bits per heavy atom. The lowest BCUT2D eigenvalue weighted by molar-refractivity contribution is 0.308. The first-order chi connectivity index (χ1) is 6.31. The Hall–Kier alpha value is -1.62. The van der Waals surface area contributed by atoms with Crippen LogP contribution < -0.4 is 15.6 Å². The van der Waals surface area contributed by atoms with Crippen LogP contribution in [0, 0.1) is 4.91 Å². The van der Waals surface area contributed by atoms with E-state index in [1.165, 1.54) is 0 Å². The van der Waals surface area contributed by atoms with Gasteiger partial charge in [0.15, 0.2) is 0 Å². The van der Waals surface area contributed by atoms with E-state index in [2.05, 4.69) is 5.18 Å². The molecule has 2 rings (SSSR count). The molecule has 0 saturated heterocycles. The van der Waals surface area contributed by atoms with Gasteiger partial charge in [-0.2, -0.15) is 0 Å². The SMILES string of the molecule is NN1CCOc2ccc(N=O)cc21. The van der Waals surface area contributed by atoms with E-state index in [4.69, 9.17) is 10.6 Å². The second-order valence-corrected chi connectivity index (χ2v) is 2.79. The Kier molecular flexibility index (Phi) is 1.86. The highest BCUT2D eigenvalue weighted by molar-refractivity contribution is 5.64. The zero-order valence-corrected chi connectivity index (χ0v) is 6.93. The van der Waals surface area contributed by atoms with Crippen molar-refractivity contribution in [3.05, 3.63) is 23.1 Å². The summed E-state index contributed by atoms with van der Waals surface area (Å²) < 4.78 is 5.33. The molecule has 0 atom stereocenters. The van der Waals surface area contributed by atoms with E-state index in [0.29, 0.717) is 30.3 Å². The van der Waals surface area contributed by atoms with Gasteiger partial charge in [0.25, 0.3) is 0 Å². The van der Waals surface area contributed by atoms with Gasteiger partial charge < -0.3 is 9.75 Å². The van der Waals surface area contributed by atoms with Gasteiger partial charge in [-0.05, 0) is 23.4 Å². The van der Waals surface area contributed by atoms with Crippen LogP contribution in [-0.2, 0) is 0 Å². The summed E-state index contributed by atoms with van der Waals surface area (Å²) in [5.41, 5.74) is 1.07. The lowest BCUT2D eigenvalue weighted by atomic mass is 10.2. The van der Waals surface area contributed by atoms with E-state index in [9.17, 15) is 4.91 Å². The lowest BCUT2D eigenvalue weighted by Gasteiger charge is -2.26. The molecule has 0 aliphatic carbocycles. The third-order valence-corrected chi connectivity index (χ3v) is 1.95. The Balaban J connectivity index is 2.46. The topological polar surface area (TPSA) is 67.9 Å². The predicted molar refractivity (Wildman–Crippen MR) is 48.9 cm³/mol. The van der Waals surface area contributed by atoms with Crippen molar-refractivity contribution in [1.82, 2.24) is 0 Å². The number of hydrazine groups is 1. The number of ether oxygens (including phenoxy) is 1. The lowest BCUT2D eigenvalue weighted by Crippen LogP contribution is -2.38. The van der Waals surface area contributed by atoms with Crippen molar-refractivity contribution >= 4 is 11.4 Å². The van der Waals surface area contributed by atoms with Gasteiger partial charge in [-0.25, -0.2) is 5.84 Å². The maximum absolute atomic E-state index is 10.2. The fraction of sp³-hybridized carbons (Fsp3) is 0.250. The maximum atomic E-state index is 10.2. The van der Waals surface area contributed by atoms with Crippen molar-refractivity contribution < 1.29 is 4.74 Å². The molecule has 0 fully saturated rings. The molecule has 0 aromatic heterocycles. The molecule has 0 unspecified atom stereocenters. The Labute approximate surface area is 75.0 Å². The molecule has 68 valence electrons. The van der Waals surface area contributed by atoms with Gasteiger partial charge in [-0.3, -0.25) is 0 Å². The number of fused-ring (bicyclic) bond motifs is 1. The number of hydrogen-bond acceptors (Lipinski definition) is 5. The Morgan fingerprint density at radius 2 is 2.38 bits per heavy atom. The normalized spacial score (nSPS) is 14.7. The fourth-order valence-corrected chi connectivity index (χ4v) is 1.28. The zero-order chi connectivity index (χ0) is 9.26. The van der Waals surface area contributed by atoms with Gasteiger partial charge in [-0.15, -0.1) is 4.91 Å². The first-order valence-corrected chi connectivity index (χ1v) is 3.94. The molecule has 1 heterocycles. The van der Waals surface area contributed by atoms with E-state index in [1.54, 1.807) is 23.2 Å². The molecule has 0 saturated carbocycles. The average molecular weight is 179 g/mol. The summed E-state index contributed by atoms with van der Waals surface area (Å²) in [4.78, 5) is 10.2. The van der Waals surface area contributed by atoms with Crippen molar-refractivity contribution in [3.8, 4) is 5.75 Å². The molecule has 5 nitrogen and oxygen atoms in total. The summed E-state index contributed by atoms with van der Waals surface area (Å²) >= 11 is 0. The number of anilines is 1. The van der Waals surface area contributed by atoms with Crippen LogP contribution in [0.1, 0.15) is 0 Å². The summed E-state index contributed by atoms with van der Waals surface area (Å²) in [6.45, 7) is 1.19. The largest absolute Gasteiger partial charge is 0.489 e. The monoisotopic (exact) mass is 179 g/mol. The number of nitroso groups, excluding NO2 is 1. The van der Waals surface area contributed by atoms with Crippen LogP contribution in [0.3, 0.4) is 0 Å². The maximum Gasteiger partial charge on any atom is 0.144 e. The zero-order valence-electron chi connectivity index (χ0n) is 6.93. The van der Waals surface area contributed by atoms with E-state index >= 15 is 0 Å². The molecule has 1 aliphatic heterocycles. The smallest absolute Gasteiger partial charge is 0.144 e. The van der Waals surface area contributed by atoms with Crippen molar-refractivity contribution in [2.24, 2.45) is 11.0 Å². The summed E-state index contributed by atoms with van der Waals surface area (Å²) in [7, 11) is 0. The number of rotatable bonds is 1. The van der Waals surface area contributed by atoms with Crippen molar-refractivity contribution in [2.75, 3.05) is 18.2 Å². The molecule has 1 aliphatic rings. The first-order valence-electron chi connectivity index (χ1n) is 3.94. The van der Waals surface area contributed by atoms with Crippen LogP contribution in [-0.4, -0.2) is 13.2 Å². The van der Waals surface area contributed by atoms with Crippen molar-refractivity contribution in [2.45, 2.75) is 0 Å². The van der Waals surface area contributed by atoms with Crippen molar-refractivity contribution in [3.63, 3.8) is 0 Å². The predicted octanol–water partition coefficient (Wildman–Crippen LogP) is 1.16. The van der Waals surface area contributed by atoms with Gasteiger partial charge in [0.2, 0.25) is 0 Å². The molecular formula is C8H9N3O2. The third kappa shape index (κ3) is 1.33. The first kappa shape index (κ1) is 8.00. The minimum absolute atomic E-state index is 0.361. The van der Waals surface area contributed by atoms with Crippen LogP contribution in [0.5, 0.6) is 5.75 Å². The molecule has 0 spiro atoms. The second-order valence-electron chi connectivity index (χ2n) is 2.79. The fourth-order valence-electron chi connectivity index (χ4n) is 1.28. The number of hydrogen-bond donors (Lipinski definition) is 1. The molecule has 2 N–H and O–H groups in total. The summed E-state index contributed by atoms with van der Waals surface area (Å²) in [6.07, 6.45) is 0. The third-order valence-electron chi connectivity index (χ3n) is 1.95. The summed E-state index contributed by atoms with van der Waals surface area (Å²) in [6, 6.07) is 4.91. The summed E-state index contributed by atoms with van der Waals surface area (Å²) in [5, 5.41) is 4.37. The number of nitrogens with zero attached hydrogens (tertiary/aromatic N) is 2. The molecule has 1 aromatic carbocycles.